The summed E-state index contributed by atoms with van der Waals surface area (Å²) in [7, 11) is 0. The van der Waals surface area contributed by atoms with Gasteiger partial charge in [-0.3, -0.25) is 5.32 Å². The summed E-state index contributed by atoms with van der Waals surface area (Å²) in [4.78, 5) is 9.41. The number of rotatable bonds is 3. The third kappa shape index (κ3) is 2.20. The Kier molecular flexibility index (Phi) is 3.11. The molecule has 0 aliphatic heterocycles. The predicted octanol–water partition coefficient (Wildman–Crippen LogP) is 3.08. The molecule has 1 saturated carbocycles. The number of quaternary nitrogens is 1. The first kappa shape index (κ1) is 12.8. The molecule has 0 atom stereocenters. The zero-order valence-corrected chi connectivity index (χ0v) is 12.3. The highest BCUT2D eigenvalue weighted by Crippen LogP contribution is 2.30. The second kappa shape index (κ2) is 5.11. The quantitative estimate of drug-likeness (QED) is 0.803. The molecule has 0 spiro atoms. The largest absolute Gasteiger partial charge is 0.446 e. The van der Waals surface area contributed by atoms with Gasteiger partial charge >= 0.3 is 0 Å². The minimum Gasteiger partial charge on any atom is -0.446 e. The number of furan rings is 1. The van der Waals surface area contributed by atoms with Crippen molar-refractivity contribution >= 4 is 27.9 Å². The topological polar surface area (TPSA) is 55.5 Å². The van der Waals surface area contributed by atoms with Crippen LogP contribution in [-0.2, 0) is 6.42 Å². The molecule has 21 heavy (non-hydrogen) atoms. The summed E-state index contributed by atoms with van der Waals surface area (Å²) in [5.41, 5.74) is 2.71. The zero-order valence-electron chi connectivity index (χ0n) is 12.3. The maximum atomic E-state index is 6.04. The molecule has 1 fully saturated rings. The number of para-hydroxylation sites is 1. The summed E-state index contributed by atoms with van der Waals surface area (Å²) in [5, 5.41) is 3.39. The van der Waals surface area contributed by atoms with E-state index in [4.69, 9.17) is 14.4 Å². The van der Waals surface area contributed by atoms with Crippen LogP contribution in [0.25, 0.3) is 22.1 Å². The van der Waals surface area contributed by atoms with Crippen LogP contribution in [0.15, 0.2) is 28.7 Å². The van der Waals surface area contributed by atoms with E-state index in [0.717, 1.165) is 40.1 Å². The van der Waals surface area contributed by atoms with Gasteiger partial charge in [-0.05, 0) is 37.8 Å². The average molecular weight is 282 g/mol. The highest BCUT2D eigenvalue weighted by molar-refractivity contribution is 6.04. The first-order chi connectivity index (χ1) is 10.3. The molecule has 4 nitrogen and oxygen atoms in total. The highest BCUT2D eigenvalue weighted by atomic mass is 16.3. The Hall–Kier alpha value is -1.94. The minimum absolute atomic E-state index is 0.640. The van der Waals surface area contributed by atoms with E-state index in [9.17, 15) is 0 Å². The summed E-state index contributed by atoms with van der Waals surface area (Å²) < 4.78 is 6.04. The van der Waals surface area contributed by atoms with Crippen LogP contribution in [0.5, 0.6) is 0 Å². The lowest BCUT2D eigenvalue weighted by Gasteiger charge is -2.07. The van der Waals surface area contributed by atoms with Crippen LogP contribution < -0.4 is 5.32 Å². The van der Waals surface area contributed by atoms with Gasteiger partial charge in [-0.15, -0.1) is 0 Å². The van der Waals surface area contributed by atoms with Crippen molar-refractivity contribution in [2.75, 3.05) is 0 Å². The lowest BCUT2D eigenvalue weighted by Crippen LogP contribution is -2.84. The van der Waals surface area contributed by atoms with Crippen LogP contribution in [0.1, 0.15) is 38.4 Å². The molecule has 0 bridgehead atoms. The Morgan fingerprint density at radius 3 is 2.81 bits per heavy atom. The van der Waals surface area contributed by atoms with Crippen molar-refractivity contribution < 1.29 is 9.73 Å². The van der Waals surface area contributed by atoms with Gasteiger partial charge in [-0.25, -0.2) is 4.98 Å². The van der Waals surface area contributed by atoms with Crippen molar-refractivity contribution in [1.82, 2.24) is 9.97 Å². The molecule has 2 N–H and O–H groups in total. The number of aryl methyl sites for hydroxylation is 1. The zero-order chi connectivity index (χ0) is 14.2. The molecular weight excluding hydrogens is 262 g/mol. The Labute approximate surface area is 123 Å². The number of hydrogen-bond donors (Lipinski definition) is 1. The summed E-state index contributed by atoms with van der Waals surface area (Å²) in [6.45, 7) is 2.10. The van der Waals surface area contributed by atoms with E-state index in [1.807, 2.05) is 18.2 Å². The molecule has 0 unspecified atom stereocenters. The number of hydrogen-bond acceptors (Lipinski definition) is 3. The van der Waals surface area contributed by atoms with E-state index in [1.54, 1.807) is 0 Å². The molecule has 1 aromatic carbocycles. The fourth-order valence-corrected chi connectivity index (χ4v) is 3.28. The van der Waals surface area contributed by atoms with Crippen LogP contribution in [0.3, 0.4) is 0 Å². The molecular formula is C17H20N3O+. The van der Waals surface area contributed by atoms with Gasteiger partial charge in [0.1, 0.15) is 16.9 Å². The minimum atomic E-state index is 0.640. The molecule has 3 aromatic rings. The van der Waals surface area contributed by atoms with Crippen LogP contribution >= 0.6 is 0 Å². The molecule has 108 valence electrons. The number of fused-ring (bicyclic) bond motifs is 3. The molecule has 4 heteroatoms. The maximum absolute atomic E-state index is 6.04. The number of nitrogens with zero attached hydrogens (tertiary/aromatic N) is 2. The number of benzene rings is 1. The second-order valence-corrected chi connectivity index (χ2v) is 5.87. The van der Waals surface area contributed by atoms with Gasteiger partial charge in [0.05, 0.1) is 6.04 Å². The van der Waals surface area contributed by atoms with Crippen molar-refractivity contribution in [3.63, 3.8) is 0 Å². The molecule has 0 radical (unpaired) electrons. The fraction of sp³-hybridized carbons (Fsp3) is 0.412. The van der Waals surface area contributed by atoms with E-state index < -0.39 is 0 Å². The summed E-state index contributed by atoms with van der Waals surface area (Å²) in [5.74, 6) is 1.89. The number of nitrogens with two attached hydrogens (primary N) is 1. The summed E-state index contributed by atoms with van der Waals surface area (Å²) in [6.07, 6.45) is 6.05. The van der Waals surface area contributed by atoms with Gasteiger partial charge < -0.3 is 4.42 Å². The van der Waals surface area contributed by atoms with Gasteiger partial charge in [0, 0.05) is 11.8 Å². The summed E-state index contributed by atoms with van der Waals surface area (Å²) >= 11 is 0. The molecule has 2 heterocycles. The van der Waals surface area contributed by atoms with Crippen molar-refractivity contribution in [3.8, 4) is 0 Å². The Morgan fingerprint density at radius 1 is 1.19 bits per heavy atom. The normalized spacial score (nSPS) is 16.2. The third-order valence-electron chi connectivity index (χ3n) is 4.40. The first-order valence-corrected chi connectivity index (χ1v) is 7.88. The second-order valence-electron chi connectivity index (χ2n) is 5.87. The van der Waals surface area contributed by atoms with Gasteiger partial charge in [0.2, 0.25) is 5.58 Å². The van der Waals surface area contributed by atoms with Gasteiger partial charge in [-0.2, -0.15) is 4.98 Å². The average Bonchev–Trinajstić information content (AvgIpc) is 3.14. The fourth-order valence-electron chi connectivity index (χ4n) is 3.28. The van der Waals surface area contributed by atoms with Gasteiger partial charge in [0.25, 0.3) is 5.82 Å². The van der Waals surface area contributed by atoms with Crippen molar-refractivity contribution in [3.05, 3.63) is 30.1 Å². The van der Waals surface area contributed by atoms with E-state index in [1.165, 1.54) is 25.7 Å². The lowest BCUT2D eigenvalue weighted by atomic mass is 10.2. The molecule has 4 rings (SSSR count). The Balaban J connectivity index is 1.90. The third-order valence-corrected chi connectivity index (χ3v) is 4.40. The maximum Gasteiger partial charge on any atom is 0.272 e. The van der Waals surface area contributed by atoms with Crippen molar-refractivity contribution in [1.29, 1.82) is 0 Å². The molecule has 0 saturated heterocycles. The van der Waals surface area contributed by atoms with Crippen LogP contribution in [0, 0.1) is 0 Å². The lowest BCUT2D eigenvalue weighted by molar-refractivity contribution is -0.611. The van der Waals surface area contributed by atoms with Crippen molar-refractivity contribution in [2.24, 2.45) is 0 Å². The Bertz CT molecular complexity index is 787. The highest BCUT2D eigenvalue weighted by Gasteiger charge is 2.24. The van der Waals surface area contributed by atoms with Crippen molar-refractivity contribution in [2.45, 2.75) is 45.1 Å². The summed E-state index contributed by atoms with van der Waals surface area (Å²) in [6, 6.07) is 8.75. The van der Waals surface area contributed by atoms with E-state index in [2.05, 4.69) is 18.3 Å². The van der Waals surface area contributed by atoms with E-state index in [0.29, 0.717) is 6.04 Å². The SMILES string of the molecule is CCc1nc([NH2+]C2CCCC2)c2oc3ccccc3c2n1. The molecule has 1 aliphatic carbocycles. The molecule has 0 amide bonds. The predicted molar refractivity (Wildman–Crippen MR) is 82.5 cm³/mol. The first-order valence-electron chi connectivity index (χ1n) is 7.88. The number of aromatic nitrogens is 2. The van der Waals surface area contributed by atoms with E-state index >= 15 is 0 Å². The molecule has 2 aromatic heterocycles. The van der Waals surface area contributed by atoms with Crippen LogP contribution in [-0.4, -0.2) is 16.0 Å². The Morgan fingerprint density at radius 2 is 2.00 bits per heavy atom. The van der Waals surface area contributed by atoms with E-state index in [-0.39, 0.29) is 0 Å². The van der Waals surface area contributed by atoms with Crippen LogP contribution in [0.4, 0.5) is 5.82 Å². The van der Waals surface area contributed by atoms with Gasteiger partial charge in [-0.1, -0.05) is 19.1 Å². The monoisotopic (exact) mass is 282 g/mol. The molecule has 1 aliphatic rings. The standard InChI is InChI=1S/C17H19N3O/c1-2-14-19-15-12-9-5-6-10-13(12)21-16(15)17(20-14)18-11-7-3-4-8-11/h5-6,9-11H,2-4,7-8H2,1H3,(H,18,19,20)/p+1. The van der Waals surface area contributed by atoms with Gasteiger partial charge in [0.15, 0.2) is 0 Å². The smallest absolute Gasteiger partial charge is 0.272 e. The van der Waals surface area contributed by atoms with Crippen LogP contribution in [0.2, 0.25) is 0 Å².